The van der Waals surface area contributed by atoms with E-state index < -0.39 is 0 Å². The van der Waals surface area contributed by atoms with E-state index in [2.05, 4.69) is 32.9 Å². The Morgan fingerprint density at radius 3 is 2.05 bits per heavy atom. The molecular weight excluding hydrogens is 246 g/mol. The van der Waals surface area contributed by atoms with Crippen LogP contribution in [0.2, 0.25) is 0 Å². The normalized spacial score (nSPS) is 12.2. The molecule has 0 radical (unpaired) electrons. The summed E-state index contributed by atoms with van der Waals surface area (Å²) in [5.74, 6) is 0.883. The largest absolute Gasteiger partial charge is 0.489 e. The molecular formula is C18H23NO. The molecule has 0 spiro atoms. The van der Waals surface area contributed by atoms with Gasteiger partial charge in [-0.1, -0.05) is 29.8 Å². The highest BCUT2D eigenvalue weighted by Crippen LogP contribution is 2.21. The van der Waals surface area contributed by atoms with Crippen molar-refractivity contribution in [1.82, 2.24) is 0 Å². The predicted molar refractivity (Wildman–Crippen MR) is 84.0 cm³/mol. The van der Waals surface area contributed by atoms with Crippen LogP contribution < -0.4 is 10.5 Å². The van der Waals surface area contributed by atoms with Crippen molar-refractivity contribution in [3.05, 3.63) is 64.2 Å². The van der Waals surface area contributed by atoms with Gasteiger partial charge in [0.15, 0.2) is 0 Å². The van der Waals surface area contributed by atoms with Crippen molar-refractivity contribution in [2.45, 2.75) is 40.3 Å². The Labute approximate surface area is 121 Å². The molecule has 0 amide bonds. The van der Waals surface area contributed by atoms with Crippen LogP contribution in [0.1, 0.15) is 40.8 Å². The monoisotopic (exact) mass is 269 g/mol. The number of hydrogen-bond donors (Lipinski definition) is 1. The molecule has 0 aliphatic rings. The summed E-state index contributed by atoms with van der Waals surface area (Å²) < 4.78 is 5.89. The highest BCUT2D eigenvalue weighted by molar-refractivity contribution is 5.37. The van der Waals surface area contributed by atoms with Crippen LogP contribution in [-0.4, -0.2) is 0 Å². The van der Waals surface area contributed by atoms with Gasteiger partial charge in [0.1, 0.15) is 12.4 Å². The Hall–Kier alpha value is -1.80. The van der Waals surface area contributed by atoms with Crippen LogP contribution in [0.15, 0.2) is 36.4 Å². The van der Waals surface area contributed by atoms with Crippen LogP contribution in [0.25, 0.3) is 0 Å². The van der Waals surface area contributed by atoms with E-state index in [4.69, 9.17) is 10.5 Å². The molecule has 1 atom stereocenters. The summed E-state index contributed by atoms with van der Waals surface area (Å²) in [4.78, 5) is 0. The zero-order valence-electron chi connectivity index (χ0n) is 12.7. The van der Waals surface area contributed by atoms with Crippen molar-refractivity contribution in [1.29, 1.82) is 0 Å². The average Bonchev–Trinajstić information content (AvgIpc) is 2.38. The smallest absolute Gasteiger partial charge is 0.119 e. The van der Waals surface area contributed by atoms with E-state index in [0.717, 1.165) is 11.3 Å². The van der Waals surface area contributed by atoms with E-state index in [-0.39, 0.29) is 6.04 Å². The van der Waals surface area contributed by atoms with Gasteiger partial charge in [-0.15, -0.1) is 0 Å². The lowest BCUT2D eigenvalue weighted by atomic mass is 10.0. The van der Waals surface area contributed by atoms with Crippen LogP contribution in [-0.2, 0) is 6.61 Å². The van der Waals surface area contributed by atoms with Gasteiger partial charge in [0.2, 0.25) is 0 Å². The van der Waals surface area contributed by atoms with Gasteiger partial charge in [-0.3, -0.25) is 0 Å². The Morgan fingerprint density at radius 2 is 1.55 bits per heavy atom. The lowest BCUT2D eigenvalue weighted by Crippen LogP contribution is -2.05. The highest BCUT2D eigenvalue weighted by atomic mass is 16.5. The van der Waals surface area contributed by atoms with Crippen LogP contribution in [0, 0.1) is 20.8 Å². The van der Waals surface area contributed by atoms with Crippen molar-refractivity contribution >= 4 is 0 Å². The summed E-state index contributed by atoms with van der Waals surface area (Å²) in [7, 11) is 0. The predicted octanol–water partition coefficient (Wildman–Crippen LogP) is 4.21. The summed E-state index contributed by atoms with van der Waals surface area (Å²) in [6, 6.07) is 12.5. The molecule has 0 saturated carbocycles. The average molecular weight is 269 g/mol. The fourth-order valence-corrected chi connectivity index (χ4v) is 2.46. The molecule has 2 heteroatoms. The zero-order chi connectivity index (χ0) is 14.7. The lowest BCUT2D eigenvalue weighted by Gasteiger charge is -2.13. The van der Waals surface area contributed by atoms with Crippen LogP contribution >= 0.6 is 0 Å². The molecule has 106 valence electrons. The second-order valence-electron chi connectivity index (χ2n) is 5.52. The van der Waals surface area contributed by atoms with Crippen LogP contribution in [0.3, 0.4) is 0 Å². The number of aryl methyl sites for hydroxylation is 3. The van der Waals surface area contributed by atoms with Crippen molar-refractivity contribution in [3.8, 4) is 5.75 Å². The first-order valence-corrected chi connectivity index (χ1v) is 7.02. The van der Waals surface area contributed by atoms with E-state index >= 15 is 0 Å². The summed E-state index contributed by atoms with van der Waals surface area (Å²) in [6.45, 7) is 8.98. The molecule has 0 bridgehead atoms. The number of ether oxygens (including phenoxy) is 1. The zero-order valence-corrected chi connectivity index (χ0v) is 12.7. The first-order chi connectivity index (χ1) is 9.47. The molecule has 1 unspecified atom stereocenters. The van der Waals surface area contributed by atoms with Crippen molar-refractivity contribution in [2.75, 3.05) is 0 Å². The highest BCUT2D eigenvalue weighted by Gasteiger charge is 2.05. The Kier molecular flexibility index (Phi) is 4.46. The Balaban J connectivity index is 2.09. The van der Waals surface area contributed by atoms with E-state index in [9.17, 15) is 0 Å². The summed E-state index contributed by atoms with van der Waals surface area (Å²) >= 11 is 0. The van der Waals surface area contributed by atoms with Gasteiger partial charge >= 0.3 is 0 Å². The molecule has 2 rings (SSSR count). The van der Waals surface area contributed by atoms with Crippen molar-refractivity contribution in [3.63, 3.8) is 0 Å². The Morgan fingerprint density at radius 1 is 1.00 bits per heavy atom. The maximum Gasteiger partial charge on any atom is 0.119 e. The summed E-state index contributed by atoms with van der Waals surface area (Å²) in [6.07, 6.45) is 0. The third-order valence-electron chi connectivity index (χ3n) is 3.63. The fraction of sp³-hybridized carbons (Fsp3) is 0.333. The standard InChI is InChI=1S/C18H23NO/c1-12-9-13(2)18(14(3)10-12)11-20-17-7-5-16(6-8-17)15(4)19/h5-10,15H,11,19H2,1-4H3. The minimum absolute atomic E-state index is 0.0608. The van der Waals surface area contributed by atoms with Gasteiger partial charge in [0.25, 0.3) is 0 Å². The molecule has 2 N–H and O–H groups in total. The number of rotatable bonds is 4. The second-order valence-corrected chi connectivity index (χ2v) is 5.52. The molecule has 0 saturated heterocycles. The minimum Gasteiger partial charge on any atom is -0.489 e. The van der Waals surface area contributed by atoms with E-state index in [1.165, 1.54) is 22.3 Å². The van der Waals surface area contributed by atoms with E-state index in [0.29, 0.717) is 6.61 Å². The van der Waals surface area contributed by atoms with Gasteiger partial charge < -0.3 is 10.5 Å². The molecule has 2 aromatic rings. The number of benzene rings is 2. The van der Waals surface area contributed by atoms with E-state index in [1.807, 2.05) is 31.2 Å². The quantitative estimate of drug-likeness (QED) is 0.902. The summed E-state index contributed by atoms with van der Waals surface area (Å²) in [5, 5.41) is 0. The van der Waals surface area contributed by atoms with Crippen LogP contribution in [0.4, 0.5) is 0 Å². The maximum atomic E-state index is 5.89. The fourth-order valence-electron chi connectivity index (χ4n) is 2.46. The second kappa shape index (κ2) is 6.10. The van der Waals surface area contributed by atoms with Gasteiger partial charge in [0.05, 0.1) is 0 Å². The first kappa shape index (κ1) is 14.6. The molecule has 0 aliphatic heterocycles. The minimum atomic E-state index is 0.0608. The number of nitrogens with two attached hydrogens (primary N) is 1. The van der Waals surface area contributed by atoms with Crippen molar-refractivity contribution in [2.24, 2.45) is 5.73 Å². The van der Waals surface area contributed by atoms with Gasteiger partial charge in [-0.05, 0) is 62.1 Å². The molecule has 0 aromatic heterocycles. The molecule has 2 aromatic carbocycles. The van der Waals surface area contributed by atoms with Crippen LogP contribution in [0.5, 0.6) is 5.75 Å². The van der Waals surface area contributed by atoms with Gasteiger partial charge in [-0.25, -0.2) is 0 Å². The molecule has 20 heavy (non-hydrogen) atoms. The third kappa shape index (κ3) is 3.40. The first-order valence-electron chi connectivity index (χ1n) is 7.02. The SMILES string of the molecule is Cc1cc(C)c(COc2ccc(C(C)N)cc2)c(C)c1. The Bertz CT molecular complexity index is 562. The van der Waals surface area contributed by atoms with Gasteiger partial charge in [-0.2, -0.15) is 0 Å². The molecule has 0 aliphatic carbocycles. The third-order valence-corrected chi connectivity index (χ3v) is 3.63. The topological polar surface area (TPSA) is 35.2 Å². The number of hydrogen-bond acceptors (Lipinski definition) is 2. The maximum absolute atomic E-state index is 5.89. The van der Waals surface area contributed by atoms with Gasteiger partial charge in [0, 0.05) is 6.04 Å². The molecule has 2 nitrogen and oxygen atoms in total. The lowest BCUT2D eigenvalue weighted by molar-refractivity contribution is 0.304. The van der Waals surface area contributed by atoms with E-state index in [1.54, 1.807) is 0 Å². The van der Waals surface area contributed by atoms with Crippen molar-refractivity contribution < 1.29 is 4.74 Å². The molecule has 0 heterocycles. The molecule has 0 fully saturated rings. The summed E-state index contributed by atoms with van der Waals surface area (Å²) in [5.41, 5.74) is 12.1.